The van der Waals surface area contributed by atoms with Gasteiger partial charge in [-0.25, -0.2) is 0 Å². The van der Waals surface area contributed by atoms with Crippen molar-refractivity contribution in [2.75, 3.05) is 20.3 Å². The molecular weight excluding hydrogens is 254 g/mol. The van der Waals surface area contributed by atoms with Gasteiger partial charge in [0.2, 0.25) is 0 Å². The number of thiophene rings is 1. The van der Waals surface area contributed by atoms with Crippen molar-refractivity contribution in [1.82, 2.24) is 15.5 Å². The standard InChI is InChI=1S/C11H15N3OS2/c1-15-5-4-12-8-11-14-13-10(17-11)7-9-3-2-6-16-9/h2-3,6,12H,4-5,7-8H2,1H3. The highest BCUT2D eigenvalue weighted by Gasteiger charge is 2.05. The zero-order valence-electron chi connectivity index (χ0n) is 9.68. The molecule has 92 valence electrons. The minimum atomic E-state index is 0.723. The summed E-state index contributed by atoms with van der Waals surface area (Å²) in [6, 6.07) is 4.19. The first-order chi connectivity index (χ1) is 8.38. The summed E-state index contributed by atoms with van der Waals surface area (Å²) in [6.07, 6.45) is 0.896. The number of hydrogen-bond donors (Lipinski definition) is 1. The zero-order chi connectivity index (χ0) is 11.9. The molecule has 0 saturated carbocycles. The first-order valence-electron chi connectivity index (χ1n) is 5.42. The van der Waals surface area contributed by atoms with Gasteiger partial charge in [0.25, 0.3) is 0 Å². The lowest BCUT2D eigenvalue weighted by atomic mass is 10.4. The number of methoxy groups -OCH3 is 1. The molecule has 1 N–H and O–H groups in total. The van der Waals surface area contributed by atoms with Crippen LogP contribution in [-0.4, -0.2) is 30.5 Å². The summed E-state index contributed by atoms with van der Waals surface area (Å²) in [5.41, 5.74) is 0. The van der Waals surface area contributed by atoms with Gasteiger partial charge in [0.1, 0.15) is 10.0 Å². The lowest BCUT2D eigenvalue weighted by molar-refractivity contribution is 0.199. The van der Waals surface area contributed by atoms with Crippen LogP contribution in [0.3, 0.4) is 0 Å². The molecule has 2 aromatic rings. The van der Waals surface area contributed by atoms with E-state index in [4.69, 9.17) is 4.74 Å². The second kappa shape index (κ2) is 6.80. The molecule has 17 heavy (non-hydrogen) atoms. The van der Waals surface area contributed by atoms with E-state index < -0.39 is 0 Å². The fourth-order valence-electron chi connectivity index (χ4n) is 1.36. The second-order valence-corrected chi connectivity index (χ2v) is 5.69. The molecule has 0 atom stereocenters. The molecule has 2 rings (SSSR count). The Kier molecular flexibility index (Phi) is 5.06. The van der Waals surface area contributed by atoms with E-state index in [1.807, 2.05) is 0 Å². The van der Waals surface area contributed by atoms with Gasteiger partial charge in [0.05, 0.1) is 6.61 Å². The van der Waals surface area contributed by atoms with E-state index in [2.05, 4.69) is 33.0 Å². The van der Waals surface area contributed by atoms with Crippen LogP contribution in [0.1, 0.15) is 14.9 Å². The van der Waals surface area contributed by atoms with E-state index in [-0.39, 0.29) is 0 Å². The zero-order valence-corrected chi connectivity index (χ0v) is 11.3. The van der Waals surface area contributed by atoms with Crippen LogP contribution >= 0.6 is 22.7 Å². The number of nitrogens with zero attached hydrogens (tertiary/aromatic N) is 2. The molecule has 2 heterocycles. The van der Waals surface area contributed by atoms with Crippen molar-refractivity contribution in [2.45, 2.75) is 13.0 Å². The van der Waals surface area contributed by atoms with Crippen LogP contribution < -0.4 is 5.32 Å². The molecule has 0 bridgehead atoms. The Balaban J connectivity index is 1.79. The fourth-order valence-corrected chi connectivity index (χ4v) is 3.00. The van der Waals surface area contributed by atoms with Gasteiger partial charge >= 0.3 is 0 Å². The highest BCUT2D eigenvalue weighted by molar-refractivity contribution is 7.12. The number of aromatic nitrogens is 2. The molecule has 0 aromatic carbocycles. The molecule has 0 saturated heterocycles. The molecule has 0 radical (unpaired) electrons. The maximum atomic E-state index is 4.96. The van der Waals surface area contributed by atoms with Gasteiger partial charge in [0, 0.05) is 31.5 Å². The minimum absolute atomic E-state index is 0.723. The van der Waals surface area contributed by atoms with Gasteiger partial charge in [-0.2, -0.15) is 0 Å². The van der Waals surface area contributed by atoms with E-state index in [9.17, 15) is 0 Å². The van der Waals surface area contributed by atoms with Crippen molar-refractivity contribution >= 4 is 22.7 Å². The molecule has 2 aromatic heterocycles. The van der Waals surface area contributed by atoms with Crippen molar-refractivity contribution in [3.8, 4) is 0 Å². The average molecular weight is 269 g/mol. The van der Waals surface area contributed by atoms with Crippen molar-refractivity contribution in [3.63, 3.8) is 0 Å². The summed E-state index contributed by atoms with van der Waals surface area (Å²) in [5, 5.41) is 15.8. The van der Waals surface area contributed by atoms with E-state index in [1.165, 1.54) is 4.88 Å². The molecule has 0 unspecified atom stereocenters. The smallest absolute Gasteiger partial charge is 0.131 e. The van der Waals surface area contributed by atoms with E-state index in [1.54, 1.807) is 29.8 Å². The largest absolute Gasteiger partial charge is 0.383 e. The quantitative estimate of drug-likeness (QED) is 0.780. The summed E-state index contributed by atoms with van der Waals surface area (Å²) >= 11 is 3.43. The van der Waals surface area contributed by atoms with Gasteiger partial charge in [-0.3, -0.25) is 0 Å². The van der Waals surface area contributed by atoms with Crippen LogP contribution in [-0.2, 0) is 17.7 Å². The van der Waals surface area contributed by atoms with E-state index in [0.717, 1.165) is 36.1 Å². The summed E-state index contributed by atoms with van der Waals surface area (Å²) in [5.74, 6) is 0. The van der Waals surface area contributed by atoms with Crippen LogP contribution in [0.25, 0.3) is 0 Å². The van der Waals surface area contributed by atoms with Crippen molar-refractivity contribution in [1.29, 1.82) is 0 Å². The third kappa shape index (κ3) is 4.16. The van der Waals surface area contributed by atoms with Crippen LogP contribution in [0.15, 0.2) is 17.5 Å². The predicted molar refractivity (Wildman–Crippen MR) is 70.6 cm³/mol. The van der Waals surface area contributed by atoms with E-state index >= 15 is 0 Å². The molecular formula is C11H15N3OS2. The Morgan fingerprint density at radius 3 is 3.00 bits per heavy atom. The number of ether oxygens (including phenoxy) is 1. The normalized spacial score (nSPS) is 10.9. The Hall–Kier alpha value is -0.820. The maximum absolute atomic E-state index is 4.96. The van der Waals surface area contributed by atoms with E-state index in [0.29, 0.717) is 0 Å². The molecule has 0 fully saturated rings. The third-order valence-corrected chi connectivity index (χ3v) is 3.97. The Bertz CT molecular complexity index is 428. The Morgan fingerprint density at radius 1 is 1.35 bits per heavy atom. The lowest BCUT2D eigenvalue weighted by Crippen LogP contribution is -2.18. The highest BCUT2D eigenvalue weighted by Crippen LogP contribution is 2.17. The number of hydrogen-bond acceptors (Lipinski definition) is 6. The minimum Gasteiger partial charge on any atom is -0.383 e. The first kappa shape index (κ1) is 12.6. The predicted octanol–water partition coefficient (Wildman–Crippen LogP) is 1.93. The topological polar surface area (TPSA) is 47.0 Å². The molecule has 0 aliphatic rings. The van der Waals surface area contributed by atoms with Crippen LogP contribution in [0.4, 0.5) is 0 Å². The fraction of sp³-hybridized carbons (Fsp3) is 0.455. The van der Waals surface area contributed by atoms with Crippen molar-refractivity contribution in [2.24, 2.45) is 0 Å². The second-order valence-electron chi connectivity index (χ2n) is 3.52. The molecule has 0 aliphatic heterocycles. The maximum Gasteiger partial charge on any atom is 0.131 e. The summed E-state index contributed by atoms with van der Waals surface area (Å²) in [4.78, 5) is 1.33. The molecule has 0 spiro atoms. The van der Waals surface area contributed by atoms with Crippen molar-refractivity contribution in [3.05, 3.63) is 32.4 Å². The summed E-state index contributed by atoms with van der Waals surface area (Å²) in [6.45, 7) is 2.34. The lowest BCUT2D eigenvalue weighted by Gasteiger charge is -1.99. The Labute approximate surface area is 109 Å². The van der Waals surface area contributed by atoms with Gasteiger partial charge in [-0.05, 0) is 11.4 Å². The molecule has 0 amide bonds. The molecule has 6 heteroatoms. The van der Waals surface area contributed by atoms with Gasteiger partial charge in [-0.15, -0.1) is 21.5 Å². The van der Waals surface area contributed by atoms with Crippen molar-refractivity contribution < 1.29 is 4.74 Å². The van der Waals surface area contributed by atoms with Gasteiger partial charge in [0.15, 0.2) is 0 Å². The van der Waals surface area contributed by atoms with Gasteiger partial charge < -0.3 is 10.1 Å². The van der Waals surface area contributed by atoms with Gasteiger partial charge in [-0.1, -0.05) is 17.4 Å². The summed E-state index contributed by atoms with van der Waals surface area (Å²) < 4.78 is 4.96. The molecule has 4 nitrogen and oxygen atoms in total. The number of nitrogens with one attached hydrogen (secondary N) is 1. The average Bonchev–Trinajstić information content (AvgIpc) is 2.97. The van der Waals surface area contributed by atoms with Crippen LogP contribution in [0.2, 0.25) is 0 Å². The van der Waals surface area contributed by atoms with Crippen LogP contribution in [0, 0.1) is 0 Å². The number of rotatable bonds is 7. The molecule has 0 aliphatic carbocycles. The Morgan fingerprint density at radius 2 is 2.24 bits per heavy atom. The first-order valence-corrected chi connectivity index (χ1v) is 7.11. The monoisotopic (exact) mass is 269 g/mol. The summed E-state index contributed by atoms with van der Waals surface area (Å²) in [7, 11) is 1.70. The highest BCUT2D eigenvalue weighted by atomic mass is 32.1. The third-order valence-electron chi connectivity index (χ3n) is 2.17. The SMILES string of the molecule is COCCNCc1nnc(Cc2cccs2)s1. The van der Waals surface area contributed by atoms with Crippen LogP contribution in [0.5, 0.6) is 0 Å².